The highest BCUT2D eigenvalue weighted by Gasteiger charge is 2.19. The molecule has 0 saturated carbocycles. The Balaban J connectivity index is 1.26. The minimum atomic E-state index is -0.0205. The highest BCUT2D eigenvalue weighted by molar-refractivity contribution is 5.74. The molecule has 0 spiro atoms. The third-order valence-electron chi connectivity index (χ3n) is 5.95. The largest absolute Gasteiger partial charge is 0.370 e. The van der Waals surface area contributed by atoms with Crippen LogP contribution in [0, 0.1) is 0 Å². The van der Waals surface area contributed by atoms with Gasteiger partial charge in [0, 0.05) is 57.7 Å². The molecule has 1 aliphatic rings. The standard InChI is InChI=1S/C22H26N8O/c1-3-16-9-18-19(27-22(16)31)8-15(10-24-18)12-28-4-6-29(7-5-28)17-11-25-21-20(23-2)26-14-30(21)13-17/h8-11,13-14,23H,3-7,12H2,1-2H3,(H,27,31). The van der Waals surface area contributed by atoms with Crippen LogP contribution in [-0.4, -0.2) is 62.5 Å². The van der Waals surface area contributed by atoms with Crippen LogP contribution in [0.4, 0.5) is 11.5 Å². The highest BCUT2D eigenvalue weighted by Crippen LogP contribution is 2.20. The Morgan fingerprint density at radius 2 is 1.94 bits per heavy atom. The lowest BCUT2D eigenvalue weighted by atomic mass is 10.1. The van der Waals surface area contributed by atoms with Crippen molar-refractivity contribution in [2.75, 3.05) is 43.4 Å². The van der Waals surface area contributed by atoms with E-state index in [1.807, 2.05) is 42.9 Å². The fourth-order valence-corrected chi connectivity index (χ4v) is 4.16. The monoisotopic (exact) mass is 418 g/mol. The lowest BCUT2D eigenvalue weighted by molar-refractivity contribution is 0.249. The summed E-state index contributed by atoms with van der Waals surface area (Å²) in [6, 6.07) is 3.94. The molecule has 9 heteroatoms. The third kappa shape index (κ3) is 3.72. The molecule has 2 N–H and O–H groups in total. The van der Waals surface area contributed by atoms with Crippen LogP contribution in [0.5, 0.6) is 0 Å². The van der Waals surface area contributed by atoms with Gasteiger partial charge in [-0.2, -0.15) is 0 Å². The molecule has 4 aromatic rings. The summed E-state index contributed by atoms with van der Waals surface area (Å²) in [7, 11) is 1.85. The van der Waals surface area contributed by atoms with Gasteiger partial charge in [0.25, 0.3) is 5.56 Å². The number of rotatable bonds is 5. The summed E-state index contributed by atoms with van der Waals surface area (Å²) in [4.78, 5) is 33.3. The zero-order chi connectivity index (χ0) is 21.4. The number of nitrogens with one attached hydrogen (secondary N) is 2. The van der Waals surface area contributed by atoms with Gasteiger partial charge in [-0.1, -0.05) is 6.92 Å². The number of pyridine rings is 2. The average molecular weight is 419 g/mol. The Labute approximate surface area is 179 Å². The molecule has 5 heterocycles. The van der Waals surface area contributed by atoms with E-state index >= 15 is 0 Å². The SMILES string of the molecule is CCc1cc2ncc(CN3CCN(c4cnc5c(NC)ncn5c4)CC3)cc2[nH]c1=O. The fraction of sp³-hybridized carbons (Fsp3) is 0.364. The van der Waals surface area contributed by atoms with Gasteiger partial charge in [0.1, 0.15) is 6.33 Å². The summed E-state index contributed by atoms with van der Waals surface area (Å²) in [5.74, 6) is 0.785. The van der Waals surface area contributed by atoms with Crippen LogP contribution in [0.15, 0.2) is 41.8 Å². The van der Waals surface area contributed by atoms with Gasteiger partial charge in [0.15, 0.2) is 11.5 Å². The Kier molecular flexibility index (Phi) is 5.03. The summed E-state index contributed by atoms with van der Waals surface area (Å²) >= 11 is 0. The number of hydrogen-bond donors (Lipinski definition) is 2. The van der Waals surface area contributed by atoms with Crippen molar-refractivity contribution in [1.29, 1.82) is 0 Å². The molecule has 1 fully saturated rings. The highest BCUT2D eigenvalue weighted by atomic mass is 16.1. The Hall–Kier alpha value is -3.46. The van der Waals surface area contributed by atoms with Crippen molar-refractivity contribution in [3.63, 3.8) is 0 Å². The number of piperazine rings is 1. The summed E-state index contributed by atoms with van der Waals surface area (Å²) in [5, 5.41) is 3.06. The van der Waals surface area contributed by atoms with Crippen molar-refractivity contribution in [1.82, 2.24) is 29.2 Å². The van der Waals surface area contributed by atoms with Gasteiger partial charge in [-0.05, 0) is 24.1 Å². The minimum Gasteiger partial charge on any atom is -0.370 e. The first-order valence-corrected chi connectivity index (χ1v) is 10.6. The quantitative estimate of drug-likeness (QED) is 0.511. The Morgan fingerprint density at radius 3 is 2.71 bits per heavy atom. The maximum atomic E-state index is 12.1. The van der Waals surface area contributed by atoms with E-state index in [0.29, 0.717) is 6.42 Å². The number of H-pyrrole nitrogens is 1. The number of aryl methyl sites for hydroxylation is 1. The predicted molar refractivity (Wildman–Crippen MR) is 122 cm³/mol. The number of fused-ring (bicyclic) bond motifs is 2. The van der Waals surface area contributed by atoms with Crippen LogP contribution >= 0.6 is 0 Å². The van der Waals surface area contributed by atoms with Gasteiger partial charge in [0.05, 0.1) is 22.9 Å². The maximum absolute atomic E-state index is 12.1. The zero-order valence-corrected chi connectivity index (χ0v) is 17.8. The molecular formula is C22H26N8O. The second kappa shape index (κ2) is 7.99. The molecule has 5 rings (SSSR count). The summed E-state index contributed by atoms with van der Waals surface area (Å²) in [6.45, 7) is 6.56. The molecule has 1 aliphatic heterocycles. The lowest BCUT2D eigenvalue weighted by Gasteiger charge is -2.35. The zero-order valence-electron chi connectivity index (χ0n) is 17.8. The van der Waals surface area contributed by atoms with E-state index in [0.717, 1.165) is 72.0 Å². The number of aromatic amines is 1. The van der Waals surface area contributed by atoms with Crippen molar-refractivity contribution in [2.24, 2.45) is 0 Å². The number of nitrogens with zero attached hydrogens (tertiary/aromatic N) is 6. The molecule has 4 aromatic heterocycles. The van der Waals surface area contributed by atoms with Gasteiger partial charge in [0.2, 0.25) is 0 Å². The molecule has 0 atom stereocenters. The first-order chi connectivity index (χ1) is 15.1. The van der Waals surface area contributed by atoms with Gasteiger partial charge in [-0.15, -0.1) is 0 Å². The number of aromatic nitrogens is 5. The van der Waals surface area contributed by atoms with Gasteiger partial charge >= 0.3 is 0 Å². The van der Waals surface area contributed by atoms with E-state index in [9.17, 15) is 4.79 Å². The van der Waals surface area contributed by atoms with Gasteiger partial charge in [-0.25, -0.2) is 9.97 Å². The molecule has 0 aromatic carbocycles. The van der Waals surface area contributed by atoms with E-state index in [2.05, 4.69) is 41.2 Å². The number of hydrogen-bond acceptors (Lipinski definition) is 7. The first kappa shape index (κ1) is 19.5. The lowest BCUT2D eigenvalue weighted by Crippen LogP contribution is -2.46. The molecule has 0 unspecified atom stereocenters. The van der Waals surface area contributed by atoms with Gasteiger partial charge < -0.3 is 15.2 Å². The fourth-order valence-electron chi connectivity index (χ4n) is 4.16. The van der Waals surface area contributed by atoms with Crippen LogP contribution in [0.1, 0.15) is 18.1 Å². The Bertz CT molecular complexity index is 1290. The van der Waals surface area contributed by atoms with Crippen molar-refractivity contribution in [3.8, 4) is 0 Å². The second-order valence-corrected chi connectivity index (χ2v) is 7.90. The van der Waals surface area contributed by atoms with E-state index in [4.69, 9.17) is 0 Å². The predicted octanol–water partition coefficient (Wildman–Crippen LogP) is 1.89. The normalized spacial score (nSPS) is 15.1. The van der Waals surface area contributed by atoms with E-state index in [1.165, 1.54) is 0 Å². The van der Waals surface area contributed by atoms with Crippen LogP contribution in [0.25, 0.3) is 16.7 Å². The second-order valence-electron chi connectivity index (χ2n) is 7.90. The molecular weight excluding hydrogens is 392 g/mol. The van der Waals surface area contributed by atoms with E-state index in [-0.39, 0.29) is 5.56 Å². The van der Waals surface area contributed by atoms with Crippen molar-refractivity contribution in [2.45, 2.75) is 19.9 Å². The smallest absolute Gasteiger partial charge is 0.251 e. The molecule has 1 saturated heterocycles. The molecule has 0 radical (unpaired) electrons. The van der Waals surface area contributed by atoms with Crippen molar-refractivity contribution in [3.05, 3.63) is 58.5 Å². The molecule has 0 aliphatic carbocycles. The third-order valence-corrected chi connectivity index (χ3v) is 5.95. The number of anilines is 2. The van der Waals surface area contributed by atoms with E-state index < -0.39 is 0 Å². The van der Waals surface area contributed by atoms with Crippen LogP contribution in [0.3, 0.4) is 0 Å². The average Bonchev–Trinajstić information content (AvgIpc) is 3.21. The topological polar surface area (TPSA) is 94.4 Å². The van der Waals surface area contributed by atoms with Crippen LogP contribution in [0.2, 0.25) is 0 Å². The molecule has 0 amide bonds. The van der Waals surface area contributed by atoms with Crippen LogP contribution < -0.4 is 15.8 Å². The van der Waals surface area contributed by atoms with Gasteiger partial charge in [-0.3, -0.25) is 19.1 Å². The summed E-state index contributed by atoms with van der Waals surface area (Å²) < 4.78 is 1.96. The minimum absolute atomic E-state index is 0.0205. The summed E-state index contributed by atoms with van der Waals surface area (Å²) in [5.41, 5.74) is 5.44. The van der Waals surface area contributed by atoms with E-state index in [1.54, 1.807) is 6.33 Å². The molecule has 160 valence electrons. The molecule has 9 nitrogen and oxygen atoms in total. The summed E-state index contributed by atoms with van der Waals surface area (Å²) in [6.07, 6.45) is 8.41. The first-order valence-electron chi connectivity index (χ1n) is 10.6. The molecule has 31 heavy (non-hydrogen) atoms. The molecule has 0 bridgehead atoms. The number of imidazole rings is 1. The van der Waals surface area contributed by atoms with Crippen molar-refractivity contribution >= 4 is 28.2 Å². The Morgan fingerprint density at radius 1 is 1.10 bits per heavy atom. The van der Waals surface area contributed by atoms with Crippen molar-refractivity contribution < 1.29 is 0 Å². The van der Waals surface area contributed by atoms with Crippen LogP contribution in [-0.2, 0) is 13.0 Å². The maximum Gasteiger partial charge on any atom is 0.251 e.